The summed E-state index contributed by atoms with van der Waals surface area (Å²) < 4.78 is 0. The van der Waals surface area contributed by atoms with Gasteiger partial charge in [-0.2, -0.15) is 0 Å². The number of benzene rings is 1. The van der Waals surface area contributed by atoms with Gasteiger partial charge in [-0.05, 0) is 36.2 Å². The molecule has 0 fully saturated rings. The second-order valence-electron chi connectivity index (χ2n) is 6.64. The minimum absolute atomic E-state index is 0.240. The molecule has 28 heavy (non-hydrogen) atoms. The SMILES string of the molecule is Cc1nc(NC(=O)c2ccc3c(n2)CCNC3)sc1Cc1ccc(Cl)c(Cl)c1. The molecule has 144 valence electrons. The zero-order valence-corrected chi connectivity index (χ0v) is 17.5. The summed E-state index contributed by atoms with van der Waals surface area (Å²) in [6.45, 7) is 3.62. The number of nitrogens with zero attached hydrogens (tertiary/aromatic N) is 2. The number of hydrogen-bond acceptors (Lipinski definition) is 5. The van der Waals surface area contributed by atoms with Crippen molar-refractivity contribution >= 4 is 45.6 Å². The molecule has 1 amide bonds. The fraction of sp³-hybridized carbons (Fsp3) is 0.250. The molecule has 5 nitrogen and oxygen atoms in total. The Hall–Kier alpha value is -1.99. The predicted octanol–water partition coefficient (Wildman–Crippen LogP) is 4.64. The van der Waals surface area contributed by atoms with Gasteiger partial charge in [-0.25, -0.2) is 9.97 Å². The minimum Gasteiger partial charge on any atom is -0.312 e. The quantitative estimate of drug-likeness (QED) is 0.629. The summed E-state index contributed by atoms with van der Waals surface area (Å²) in [5, 5.41) is 7.81. The Morgan fingerprint density at radius 1 is 1.21 bits per heavy atom. The third-order valence-electron chi connectivity index (χ3n) is 4.62. The average Bonchev–Trinajstić information content (AvgIpc) is 3.03. The van der Waals surface area contributed by atoms with Gasteiger partial charge in [-0.1, -0.05) is 35.3 Å². The van der Waals surface area contributed by atoms with Crippen molar-refractivity contribution in [3.05, 3.63) is 73.5 Å². The van der Waals surface area contributed by atoms with Crippen LogP contribution in [0.3, 0.4) is 0 Å². The van der Waals surface area contributed by atoms with E-state index in [2.05, 4.69) is 20.6 Å². The Morgan fingerprint density at radius 2 is 2.07 bits per heavy atom. The van der Waals surface area contributed by atoms with Crippen molar-refractivity contribution in [2.45, 2.75) is 26.3 Å². The lowest BCUT2D eigenvalue weighted by molar-refractivity contribution is 0.102. The zero-order chi connectivity index (χ0) is 19.7. The second kappa shape index (κ2) is 8.17. The molecule has 3 aromatic rings. The van der Waals surface area contributed by atoms with Crippen molar-refractivity contribution in [3.8, 4) is 0 Å². The highest BCUT2D eigenvalue weighted by atomic mass is 35.5. The monoisotopic (exact) mass is 432 g/mol. The number of halogens is 2. The van der Waals surface area contributed by atoms with E-state index >= 15 is 0 Å². The molecule has 2 aromatic heterocycles. The van der Waals surface area contributed by atoms with Gasteiger partial charge in [0.25, 0.3) is 5.91 Å². The summed E-state index contributed by atoms with van der Waals surface area (Å²) in [6, 6.07) is 9.31. The van der Waals surface area contributed by atoms with E-state index < -0.39 is 0 Å². The summed E-state index contributed by atoms with van der Waals surface area (Å²) in [5.74, 6) is -0.240. The number of anilines is 1. The zero-order valence-electron chi connectivity index (χ0n) is 15.2. The maximum Gasteiger partial charge on any atom is 0.276 e. The van der Waals surface area contributed by atoms with Gasteiger partial charge in [0.15, 0.2) is 5.13 Å². The summed E-state index contributed by atoms with van der Waals surface area (Å²) >= 11 is 13.5. The number of pyridine rings is 1. The molecule has 3 heterocycles. The number of aromatic nitrogens is 2. The molecule has 2 N–H and O–H groups in total. The molecule has 0 unspecified atom stereocenters. The maximum atomic E-state index is 12.6. The van der Waals surface area contributed by atoms with E-state index in [-0.39, 0.29) is 5.91 Å². The van der Waals surface area contributed by atoms with Gasteiger partial charge in [0, 0.05) is 36.5 Å². The number of carbonyl (C=O) groups excluding carboxylic acids is 1. The molecular weight excluding hydrogens is 415 g/mol. The van der Waals surface area contributed by atoms with Crippen molar-refractivity contribution in [1.82, 2.24) is 15.3 Å². The van der Waals surface area contributed by atoms with Crippen LogP contribution in [-0.4, -0.2) is 22.4 Å². The predicted molar refractivity (Wildman–Crippen MR) is 114 cm³/mol. The van der Waals surface area contributed by atoms with Crippen LogP contribution < -0.4 is 10.6 Å². The lowest BCUT2D eigenvalue weighted by Crippen LogP contribution is -2.25. The Kier molecular flexibility index (Phi) is 5.64. The summed E-state index contributed by atoms with van der Waals surface area (Å²) in [5.41, 5.74) is 4.48. The van der Waals surface area contributed by atoms with Crippen molar-refractivity contribution in [2.75, 3.05) is 11.9 Å². The summed E-state index contributed by atoms with van der Waals surface area (Å²) in [4.78, 5) is 22.7. The molecule has 0 aliphatic carbocycles. The highest BCUT2D eigenvalue weighted by Crippen LogP contribution is 2.28. The molecule has 8 heteroatoms. The first-order valence-electron chi connectivity index (χ1n) is 8.90. The lowest BCUT2D eigenvalue weighted by atomic mass is 10.1. The number of hydrogen-bond donors (Lipinski definition) is 2. The number of fused-ring (bicyclic) bond motifs is 1. The van der Waals surface area contributed by atoms with Crippen LogP contribution in [0, 0.1) is 6.92 Å². The van der Waals surface area contributed by atoms with Gasteiger partial charge in [0.2, 0.25) is 0 Å². The van der Waals surface area contributed by atoms with E-state index in [1.807, 2.05) is 25.1 Å². The third-order valence-corrected chi connectivity index (χ3v) is 6.43. The normalized spacial score (nSPS) is 13.2. The lowest BCUT2D eigenvalue weighted by Gasteiger charge is -2.16. The molecule has 0 bridgehead atoms. The molecule has 0 atom stereocenters. The first kappa shape index (κ1) is 19.3. The molecule has 1 aliphatic rings. The molecule has 4 rings (SSSR count). The molecule has 1 aromatic carbocycles. The van der Waals surface area contributed by atoms with E-state index in [1.54, 1.807) is 12.1 Å². The van der Waals surface area contributed by atoms with Gasteiger partial charge in [0.05, 0.1) is 15.7 Å². The van der Waals surface area contributed by atoms with E-state index in [9.17, 15) is 4.79 Å². The number of nitrogens with one attached hydrogen (secondary N) is 2. The van der Waals surface area contributed by atoms with Crippen LogP contribution in [-0.2, 0) is 19.4 Å². The van der Waals surface area contributed by atoms with Gasteiger partial charge in [0.1, 0.15) is 5.69 Å². The average molecular weight is 433 g/mol. The Bertz CT molecular complexity index is 1050. The van der Waals surface area contributed by atoms with Crippen LogP contribution in [0.15, 0.2) is 30.3 Å². The number of amides is 1. The smallest absolute Gasteiger partial charge is 0.276 e. The fourth-order valence-electron chi connectivity index (χ4n) is 3.11. The molecule has 1 aliphatic heterocycles. The Balaban J connectivity index is 1.49. The van der Waals surface area contributed by atoms with E-state index in [1.165, 1.54) is 11.3 Å². The van der Waals surface area contributed by atoms with Crippen LogP contribution >= 0.6 is 34.5 Å². The van der Waals surface area contributed by atoms with Crippen molar-refractivity contribution in [2.24, 2.45) is 0 Å². The topological polar surface area (TPSA) is 66.9 Å². The van der Waals surface area contributed by atoms with E-state index in [4.69, 9.17) is 23.2 Å². The molecular formula is C20H18Cl2N4OS. The summed E-state index contributed by atoms with van der Waals surface area (Å²) in [6.07, 6.45) is 1.51. The second-order valence-corrected chi connectivity index (χ2v) is 8.53. The van der Waals surface area contributed by atoms with E-state index in [0.717, 1.165) is 46.9 Å². The van der Waals surface area contributed by atoms with Crippen LogP contribution in [0.5, 0.6) is 0 Å². The van der Waals surface area contributed by atoms with Gasteiger partial charge in [-0.3, -0.25) is 10.1 Å². The Labute approximate surface area is 177 Å². The molecule has 0 saturated carbocycles. The van der Waals surface area contributed by atoms with Crippen LogP contribution in [0.1, 0.15) is 37.9 Å². The standard InChI is InChI=1S/C20H18Cl2N4OS/c1-11-18(9-12-2-4-14(21)15(22)8-12)28-20(24-11)26-19(27)17-5-3-13-10-23-7-6-16(13)25-17/h2-5,8,23H,6-7,9-10H2,1H3,(H,24,26,27). The van der Waals surface area contributed by atoms with Gasteiger partial charge >= 0.3 is 0 Å². The van der Waals surface area contributed by atoms with Crippen LogP contribution in [0.2, 0.25) is 10.0 Å². The summed E-state index contributed by atoms with van der Waals surface area (Å²) in [7, 11) is 0. The number of thiazole rings is 1. The van der Waals surface area contributed by atoms with Crippen molar-refractivity contribution in [1.29, 1.82) is 0 Å². The third kappa shape index (κ3) is 4.20. The highest BCUT2D eigenvalue weighted by Gasteiger charge is 2.16. The molecule has 0 spiro atoms. The number of carbonyl (C=O) groups is 1. The van der Waals surface area contributed by atoms with Crippen molar-refractivity contribution < 1.29 is 4.79 Å². The number of aryl methyl sites for hydroxylation is 1. The largest absolute Gasteiger partial charge is 0.312 e. The Morgan fingerprint density at radius 3 is 2.89 bits per heavy atom. The highest BCUT2D eigenvalue weighted by molar-refractivity contribution is 7.15. The van der Waals surface area contributed by atoms with Gasteiger partial charge in [-0.15, -0.1) is 11.3 Å². The first-order chi connectivity index (χ1) is 13.5. The minimum atomic E-state index is -0.240. The van der Waals surface area contributed by atoms with Crippen LogP contribution in [0.4, 0.5) is 5.13 Å². The fourth-order valence-corrected chi connectivity index (χ4v) is 4.42. The van der Waals surface area contributed by atoms with Crippen molar-refractivity contribution in [3.63, 3.8) is 0 Å². The van der Waals surface area contributed by atoms with E-state index in [0.29, 0.717) is 27.3 Å². The van der Waals surface area contributed by atoms with Gasteiger partial charge < -0.3 is 5.32 Å². The molecule has 0 saturated heterocycles. The molecule has 0 radical (unpaired) electrons. The first-order valence-corrected chi connectivity index (χ1v) is 10.5. The van der Waals surface area contributed by atoms with Crippen LogP contribution in [0.25, 0.3) is 0 Å². The maximum absolute atomic E-state index is 12.6. The number of rotatable bonds is 4.